The maximum absolute atomic E-state index is 13.4. The highest BCUT2D eigenvalue weighted by molar-refractivity contribution is 6.37. The van der Waals surface area contributed by atoms with Gasteiger partial charge in [-0.15, -0.1) is 0 Å². The number of carbonyl (C=O) groups is 5. The monoisotopic (exact) mass is 534 g/mol. The molecule has 1 heterocycles. The van der Waals surface area contributed by atoms with Crippen LogP contribution in [0.15, 0.2) is 54.6 Å². The van der Waals surface area contributed by atoms with E-state index in [-0.39, 0.29) is 50.0 Å². The highest BCUT2D eigenvalue weighted by Crippen LogP contribution is 2.22. The fraction of sp³-hybridized carbons (Fsp3) is 0.452. The molecule has 2 N–H and O–H groups in total. The number of amides is 2. The zero-order valence-electron chi connectivity index (χ0n) is 23.1. The van der Waals surface area contributed by atoms with Crippen LogP contribution in [0.4, 0.5) is 0 Å². The normalized spacial score (nSPS) is 16.9. The number of hydrogen-bond donors (Lipinski definition) is 2. The molecule has 8 heteroatoms. The van der Waals surface area contributed by atoms with Crippen LogP contribution >= 0.6 is 0 Å². The minimum Gasteiger partial charge on any atom is -0.461 e. The summed E-state index contributed by atoms with van der Waals surface area (Å²) in [5.74, 6) is -4.55. The second kappa shape index (κ2) is 13.8. The Hall–Kier alpha value is -3.81. The lowest BCUT2D eigenvalue weighted by molar-refractivity contribution is -0.149. The van der Waals surface area contributed by atoms with Crippen LogP contribution in [0, 0.1) is 23.7 Å². The maximum atomic E-state index is 13.4. The van der Waals surface area contributed by atoms with Gasteiger partial charge in [0.25, 0.3) is 5.91 Å². The van der Waals surface area contributed by atoms with E-state index in [1.165, 1.54) is 0 Å². The van der Waals surface area contributed by atoms with E-state index in [0.29, 0.717) is 0 Å². The lowest BCUT2D eigenvalue weighted by Crippen LogP contribution is -2.49. The van der Waals surface area contributed by atoms with E-state index in [4.69, 9.17) is 4.74 Å². The van der Waals surface area contributed by atoms with Crippen LogP contribution in [0.1, 0.15) is 57.2 Å². The number of fused-ring (bicyclic) bond motifs is 2. The number of ether oxygens (including phenoxy) is 1. The number of rotatable bonds is 11. The standard InChI is InChI=1S/C31H38N2O6/c1-19(2)25(16-27(35)39-18-21-9-6-5-7-10-21)30(37)33-28(20(3)4)26(34)15-24-14-22-11-8-12-23(13-22)17-32-31(38)29(24)36/h5-13,19-20,24-25,28H,14-18H2,1-4H3,(H,32,38)(H,33,37). The van der Waals surface area contributed by atoms with Crippen LogP contribution in [0.25, 0.3) is 0 Å². The number of esters is 1. The third kappa shape index (κ3) is 8.60. The molecule has 0 aromatic heterocycles. The summed E-state index contributed by atoms with van der Waals surface area (Å²) in [6.07, 6.45) is -0.0372. The first-order valence-corrected chi connectivity index (χ1v) is 13.5. The summed E-state index contributed by atoms with van der Waals surface area (Å²) in [6, 6.07) is 15.9. The molecule has 0 saturated carbocycles. The van der Waals surface area contributed by atoms with Crippen LogP contribution in [-0.2, 0) is 48.3 Å². The molecule has 1 aliphatic heterocycles. The summed E-state index contributed by atoms with van der Waals surface area (Å²) in [7, 11) is 0. The predicted molar refractivity (Wildman–Crippen MR) is 146 cm³/mol. The van der Waals surface area contributed by atoms with Gasteiger partial charge in [0.05, 0.1) is 18.4 Å². The average Bonchev–Trinajstić information content (AvgIpc) is 2.94. The SMILES string of the molecule is CC(C)C(CC(=O)OCc1ccccc1)C(=O)NC(C(=O)CC1Cc2cccc(c2)CNC(=O)C1=O)C(C)C. The summed E-state index contributed by atoms with van der Waals surface area (Å²) in [5.41, 5.74) is 2.60. The first kappa shape index (κ1) is 29.7. The molecule has 0 fully saturated rings. The highest BCUT2D eigenvalue weighted by atomic mass is 16.5. The van der Waals surface area contributed by atoms with E-state index >= 15 is 0 Å². The van der Waals surface area contributed by atoms with Crippen molar-refractivity contribution in [3.05, 3.63) is 71.3 Å². The van der Waals surface area contributed by atoms with Gasteiger partial charge in [-0.3, -0.25) is 24.0 Å². The van der Waals surface area contributed by atoms with Crippen molar-refractivity contribution in [2.45, 2.75) is 66.2 Å². The molecule has 8 nitrogen and oxygen atoms in total. The van der Waals surface area contributed by atoms with E-state index < -0.39 is 41.4 Å². The Morgan fingerprint density at radius 2 is 1.64 bits per heavy atom. The summed E-state index contributed by atoms with van der Waals surface area (Å²) < 4.78 is 5.37. The van der Waals surface area contributed by atoms with Crippen molar-refractivity contribution < 1.29 is 28.7 Å². The smallest absolute Gasteiger partial charge is 0.306 e. The third-order valence-corrected chi connectivity index (χ3v) is 7.05. The van der Waals surface area contributed by atoms with E-state index in [2.05, 4.69) is 10.6 Å². The maximum Gasteiger partial charge on any atom is 0.306 e. The summed E-state index contributed by atoms with van der Waals surface area (Å²) in [5, 5.41) is 5.45. The Balaban J connectivity index is 1.67. The van der Waals surface area contributed by atoms with Gasteiger partial charge in [0.1, 0.15) is 6.61 Å². The lowest BCUT2D eigenvalue weighted by atomic mass is 9.85. The predicted octanol–water partition coefficient (Wildman–Crippen LogP) is 3.55. The summed E-state index contributed by atoms with van der Waals surface area (Å²) in [4.78, 5) is 64.6. The molecular weight excluding hydrogens is 496 g/mol. The summed E-state index contributed by atoms with van der Waals surface area (Å²) in [6.45, 7) is 7.65. The van der Waals surface area contributed by atoms with Gasteiger partial charge in [-0.25, -0.2) is 0 Å². The molecule has 3 atom stereocenters. The minimum absolute atomic E-state index is 0.116. The van der Waals surface area contributed by atoms with Crippen molar-refractivity contribution in [2.24, 2.45) is 23.7 Å². The van der Waals surface area contributed by atoms with Gasteiger partial charge < -0.3 is 15.4 Å². The molecule has 2 amide bonds. The second-order valence-electron chi connectivity index (χ2n) is 10.9. The Kier molecular flexibility index (Phi) is 10.5. The molecule has 39 heavy (non-hydrogen) atoms. The fourth-order valence-electron chi connectivity index (χ4n) is 4.72. The van der Waals surface area contributed by atoms with Gasteiger partial charge in [0, 0.05) is 18.9 Å². The van der Waals surface area contributed by atoms with Crippen LogP contribution < -0.4 is 10.6 Å². The zero-order valence-corrected chi connectivity index (χ0v) is 23.1. The molecule has 0 radical (unpaired) electrons. The van der Waals surface area contributed by atoms with Crippen LogP contribution in [-0.4, -0.2) is 35.4 Å². The van der Waals surface area contributed by atoms with Gasteiger partial charge >= 0.3 is 5.97 Å². The number of Topliss-reactive ketones (excluding diaryl/α,β-unsaturated/α-hetero) is 2. The highest BCUT2D eigenvalue weighted by Gasteiger charge is 2.35. The Labute approximate surface area is 229 Å². The van der Waals surface area contributed by atoms with Gasteiger partial charge in [-0.2, -0.15) is 0 Å². The summed E-state index contributed by atoms with van der Waals surface area (Å²) >= 11 is 0. The van der Waals surface area contributed by atoms with Crippen molar-refractivity contribution in [3.8, 4) is 0 Å². The fourth-order valence-corrected chi connectivity index (χ4v) is 4.72. The number of carbonyl (C=O) groups excluding carboxylic acids is 5. The number of ketones is 2. The number of benzene rings is 2. The molecule has 2 bridgehead atoms. The quantitative estimate of drug-likeness (QED) is 0.336. The second-order valence-corrected chi connectivity index (χ2v) is 10.9. The molecule has 0 spiro atoms. The van der Waals surface area contributed by atoms with Gasteiger partial charge in [-0.1, -0.05) is 82.3 Å². The molecule has 2 aromatic rings. The number of hydrogen-bond acceptors (Lipinski definition) is 6. The zero-order chi connectivity index (χ0) is 28.5. The number of nitrogens with one attached hydrogen (secondary N) is 2. The van der Waals surface area contributed by atoms with Crippen molar-refractivity contribution in [1.29, 1.82) is 0 Å². The van der Waals surface area contributed by atoms with E-state index in [9.17, 15) is 24.0 Å². The van der Waals surface area contributed by atoms with Gasteiger partial charge in [0.2, 0.25) is 11.7 Å². The molecule has 3 unspecified atom stereocenters. The van der Waals surface area contributed by atoms with Gasteiger partial charge in [0.15, 0.2) is 5.78 Å². The van der Waals surface area contributed by atoms with E-state index in [1.54, 1.807) is 0 Å². The average molecular weight is 535 g/mol. The molecule has 2 aromatic carbocycles. The molecule has 0 saturated heterocycles. The van der Waals surface area contributed by atoms with Crippen molar-refractivity contribution in [3.63, 3.8) is 0 Å². The Bertz CT molecular complexity index is 1190. The minimum atomic E-state index is -0.867. The topological polar surface area (TPSA) is 119 Å². The van der Waals surface area contributed by atoms with E-state index in [0.717, 1.165) is 16.7 Å². The van der Waals surface area contributed by atoms with Crippen LogP contribution in [0.5, 0.6) is 0 Å². The third-order valence-electron chi connectivity index (χ3n) is 7.05. The van der Waals surface area contributed by atoms with E-state index in [1.807, 2.05) is 82.3 Å². The molecule has 3 rings (SSSR count). The first-order valence-electron chi connectivity index (χ1n) is 13.5. The largest absolute Gasteiger partial charge is 0.461 e. The molecular formula is C31H38N2O6. The molecule has 1 aliphatic rings. The van der Waals surface area contributed by atoms with Gasteiger partial charge in [-0.05, 0) is 34.9 Å². The van der Waals surface area contributed by atoms with Crippen LogP contribution in [0.3, 0.4) is 0 Å². The molecule has 208 valence electrons. The lowest BCUT2D eigenvalue weighted by Gasteiger charge is -2.27. The van der Waals surface area contributed by atoms with Crippen molar-refractivity contribution in [2.75, 3.05) is 0 Å². The Morgan fingerprint density at radius 1 is 0.949 bits per heavy atom. The van der Waals surface area contributed by atoms with Crippen molar-refractivity contribution in [1.82, 2.24) is 10.6 Å². The first-order chi connectivity index (χ1) is 18.5. The van der Waals surface area contributed by atoms with Crippen LogP contribution in [0.2, 0.25) is 0 Å². The van der Waals surface area contributed by atoms with Crippen molar-refractivity contribution >= 4 is 29.4 Å². The Morgan fingerprint density at radius 3 is 2.31 bits per heavy atom. The molecule has 0 aliphatic carbocycles.